The number of benzene rings is 3. The van der Waals surface area contributed by atoms with E-state index in [1.807, 2.05) is 39.8 Å². The molecule has 3 aromatic rings. The number of esters is 2. The third-order valence-corrected chi connectivity index (χ3v) is 11.8. The Balaban J connectivity index is 0.000000586. The Bertz CT molecular complexity index is 2000. The van der Waals surface area contributed by atoms with Crippen molar-refractivity contribution < 1.29 is 71.4 Å². The summed E-state index contributed by atoms with van der Waals surface area (Å²) < 4.78 is 62.5. The van der Waals surface area contributed by atoms with E-state index >= 15 is 0 Å². The van der Waals surface area contributed by atoms with E-state index in [4.69, 9.17) is 55.1 Å². The van der Waals surface area contributed by atoms with E-state index in [2.05, 4.69) is 24.5 Å². The first-order valence-corrected chi connectivity index (χ1v) is 21.5. The summed E-state index contributed by atoms with van der Waals surface area (Å²) >= 11 is 0. The molecule has 0 radical (unpaired) electrons. The van der Waals surface area contributed by atoms with E-state index in [0.717, 1.165) is 5.56 Å². The van der Waals surface area contributed by atoms with Crippen LogP contribution in [0.25, 0.3) is 0 Å². The monoisotopic (exact) mass is 870 g/mol. The molecule has 2 aliphatic rings. The zero-order valence-electron chi connectivity index (χ0n) is 35.4. The van der Waals surface area contributed by atoms with E-state index in [9.17, 15) is 18.0 Å². The van der Waals surface area contributed by atoms with Gasteiger partial charge in [-0.15, -0.1) is 6.42 Å². The molecule has 16 heteroatoms. The number of carbonyl (C=O) groups is 2. The van der Waals surface area contributed by atoms with E-state index in [1.165, 1.54) is 0 Å². The topological polar surface area (TPSA) is 225 Å². The Morgan fingerprint density at radius 1 is 0.738 bits per heavy atom. The number of carbonyl (C=O) groups excluding carboxylic acids is 2. The summed E-state index contributed by atoms with van der Waals surface area (Å²) in [5.74, 6) is 0.287. The summed E-state index contributed by atoms with van der Waals surface area (Å²) in [7, 11) is -4.31. The van der Waals surface area contributed by atoms with Gasteiger partial charge in [0.05, 0.1) is 30.4 Å². The molecule has 334 valence electrons. The molecule has 5 rings (SSSR count). The van der Waals surface area contributed by atoms with Crippen LogP contribution in [0.2, 0.25) is 0 Å². The molecule has 2 aliphatic heterocycles. The number of terminal acetylenes is 1. The standard InChI is InChI=1S/C39H46O9S.C6H12O6/c1-9-20-44-39-35(48-38(41)29-18-14-11-15-19-29)34(47-37(40)28-16-12-10-13-17-28)27(8)33(46-39)23-45-49(42,43)36-31(25(4)5)21-30(24(2)3)22-32(36)26(6)7;7-1-2-3(8)4(9)5(10)6(11)12-2/h1,10-19,21-22,24-27,33-35,39H,20,23H2,2-8H3;2-11H,1H2/t27?,33-,34+,35+,39-;2-,3-,4+,5+,6?/m11/s1. The van der Waals surface area contributed by atoms with Crippen molar-refractivity contribution in [3.8, 4) is 12.3 Å². The summed E-state index contributed by atoms with van der Waals surface area (Å²) in [6.07, 6.45) is -6.21. The number of rotatable bonds is 14. The summed E-state index contributed by atoms with van der Waals surface area (Å²) in [4.78, 5) is 26.8. The van der Waals surface area contributed by atoms with Gasteiger partial charge in [-0.1, -0.05) is 103 Å². The van der Waals surface area contributed by atoms with Crippen molar-refractivity contribution in [3.05, 3.63) is 101 Å². The Morgan fingerprint density at radius 3 is 1.70 bits per heavy atom. The lowest BCUT2D eigenvalue weighted by Gasteiger charge is -2.43. The quantitative estimate of drug-likeness (QED) is 0.0877. The van der Waals surface area contributed by atoms with Gasteiger partial charge in [0.1, 0.15) is 42.0 Å². The number of ether oxygens (including phenoxy) is 5. The van der Waals surface area contributed by atoms with Crippen molar-refractivity contribution in [3.63, 3.8) is 0 Å². The highest BCUT2D eigenvalue weighted by Gasteiger charge is 2.50. The minimum absolute atomic E-state index is 0.0992. The van der Waals surface area contributed by atoms with Gasteiger partial charge in [-0.3, -0.25) is 4.18 Å². The largest absolute Gasteiger partial charge is 0.454 e. The first-order chi connectivity index (χ1) is 28.8. The highest BCUT2D eigenvalue weighted by Crippen LogP contribution is 2.38. The first-order valence-electron chi connectivity index (χ1n) is 20.1. The first kappa shape index (κ1) is 49.4. The van der Waals surface area contributed by atoms with Crippen molar-refractivity contribution in [1.82, 2.24) is 0 Å². The average Bonchev–Trinajstić information content (AvgIpc) is 3.24. The van der Waals surface area contributed by atoms with Crippen molar-refractivity contribution in [2.45, 2.75) is 126 Å². The van der Waals surface area contributed by atoms with Gasteiger partial charge in [0, 0.05) is 5.92 Å². The summed E-state index contributed by atoms with van der Waals surface area (Å²) in [5, 5.41) is 44.7. The molecule has 0 aliphatic carbocycles. The fraction of sp³-hybridized carbons (Fsp3) is 0.511. The van der Waals surface area contributed by atoms with E-state index < -0.39 is 96.5 Å². The summed E-state index contributed by atoms with van der Waals surface area (Å²) in [5.41, 5.74) is 2.93. The molecule has 2 fully saturated rings. The average molecular weight is 871 g/mol. The molecule has 5 N–H and O–H groups in total. The zero-order valence-corrected chi connectivity index (χ0v) is 36.2. The smallest absolute Gasteiger partial charge is 0.338 e. The SMILES string of the molecule is C#CCO[C@@H]1O[C@H](COS(=O)(=O)c2c(C(C)C)cc(C(C)C)cc2C(C)C)C(C)[C@H](OC(=O)c2ccccc2)[C@@H]1OC(=O)c1ccccc1.OC[C@H]1OC(O)[C@@H](O)[C@@H](O)[C@@H]1O. The molecule has 2 saturated heterocycles. The number of hydrogen-bond acceptors (Lipinski definition) is 15. The van der Waals surface area contributed by atoms with Crippen LogP contribution in [0.3, 0.4) is 0 Å². The molecule has 2 unspecified atom stereocenters. The van der Waals surface area contributed by atoms with Crippen LogP contribution in [0.15, 0.2) is 77.7 Å². The molecular weight excluding hydrogens is 813 g/mol. The van der Waals surface area contributed by atoms with Crippen molar-refractivity contribution in [2.24, 2.45) is 5.92 Å². The molecule has 15 nitrogen and oxygen atoms in total. The van der Waals surface area contributed by atoms with Crippen molar-refractivity contribution >= 4 is 22.1 Å². The molecule has 61 heavy (non-hydrogen) atoms. The molecule has 10 atom stereocenters. The van der Waals surface area contributed by atoms with Crippen molar-refractivity contribution in [2.75, 3.05) is 19.8 Å². The van der Waals surface area contributed by atoms with Gasteiger partial charge in [0.15, 0.2) is 18.7 Å². The van der Waals surface area contributed by atoms with Crippen LogP contribution >= 0.6 is 0 Å². The molecule has 0 saturated carbocycles. The third kappa shape index (κ3) is 12.4. The lowest BCUT2D eigenvalue weighted by molar-refractivity contribution is -0.286. The van der Waals surface area contributed by atoms with E-state index in [1.54, 1.807) is 67.6 Å². The van der Waals surface area contributed by atoms with E-state index in [0.29, 0.717) is 11.1 Å². The second-order valence-electron chi connectivity index (χ2n) is 15.8. The van der Waals surface area contributed by atoms with Gasteiger partial charge in [-0.25, -0.2) is 9.59 Å². The second-order valence-corrected chi connectivity index (χ2v) is 17.4. The van der Waals surface area contributed by atoms with Gasteiger partial charge in [0.25, 0.3) is 10.1 Å². The molecule has 0 spiro atoms. The van der Waals surface area contributed by atoms with Gasteiger partial charge >= 0.3 is 11.9 Å². The Kier molecular flexibility index (Phi) is 18.0. The van der Waals surface area contributed by atoms with Crippen LogP contribution in [-0.2, 0) is 38.0 Å². The Hall–Kier alpha value is -4.25. The van der Waals surface area contributed by atoms with Crippen LogP contribution in [0, 0.1) is 18.3 Å². The van der Waals surface area contributed by atoms with Gasteiger partial charge < -0.3 is 49.2 Å². The zero-order chi connectivity index (χ0) is 45.2. The molecule has 0 amide bonds. The van der Waals surface area contributed by atoms with Gasteiger partial charge in [0.2, 0.25) is 0 Å². The Morgan fingerprint density at radius 2 is 1.25 bits per heavy atom. The predicted octanol–water partition coefficient (Wildman–Crippen LogP) is 4.00. The third-order valence-electron chi connectivity index (χ3n) is 10.4. The molecule has 3 aromatic carbocycles. The summed E-state index contributed by atoms with van der Waals surface area (Å²) in [6.45, 7) is 12.5. The highest BCUT2D eigenvalue weighted by atomic mass is 32.2. The van der Waals surface area contributed by atoms with Crippen LogP contribution in [0.1, 0.15) is 104 Å². The lowest BCUT2D eigenvalue weighted by Crippen LogP contribution is -2.58. The predicted molar refractivity (Wildman–Crippen MR) is 222 cm³/mol. The maximum Gasteiger partial charge on any atom is 0.338 e. The van der Waals surface area contributed by atoms with Crippen molar-refractivity contribution in [1.29, 1.82) is 0 Å². The van der Waals surface area contributed by atoms with Gasteiger partial charge in [-0.05, 0) is 58.7 Å². The normalized spacial score (nSPS) is 26.6. The van der Waals surface area contributed by atoms with Crippen LogP contribution in [0.5, 0.6) is 0 Å². The van der Waals surface area contributed by atoms with Gasteiger partial charge in [-0.2, -0.15) is 8.42 Å². The maximum atomic E-state index is 14.1. The minimum atomic E-state index is -4.31. The number of aliphatic hydroxyl groups is 5. The fourth-order valence-electron chi connectivity index (χ4n) is 6.80. The molecular formula is C45H58O15S. The maximum absolute atomic E-state index is 14.1. The fourth-order valence-corrected chi connectivity index (χ4v) is 8.40. The molecule has 0 bridgehead atoms. The highest BCUT2D eigenvalue weighted by molar-refractivity contribution is 7.86. The van der Waals surface area contributed by atoms with Crippen LogP contribution in [-0.4, -0.2) is 121 Å². The van der Waals surface area contributed by atoms with E-state index in [-0.39, 0.29) is 40.4 Å². The lowest BCUT2D eigenvalue weighted by atomic mass is 9.89. The molecule has 2 heterocycles. The Labute approximate surface area is 357 Å². The number of aliphatic hydroxyl groups excluding tert-OH is 5. The molecule has 0 aromatic heterocycles. The van der Waals surface area contributed by atoms with Crippen LogP contribution in [0.4, 0.5) is 0 Å². The summed E-state index contributed by atoms with van der Waals surface area (Å²) in [6, 6.07) is 20.5. The number of hydrogen-bond donors (Lipinski definition) is 5. The van der Waals surface area contributed by atoms with Crippen LogP contribution < -0.4 is 0 Å². The minimum Gasteiger partial charge on any atom is -0.454 e. The second kappa shape index (κ2) is 22.2.